The Morgan fingerprint density at radius 1 is 1.10 bits per heavy atom. The number of aryl methyl sites for hydroxylation is 2. The van der Waals surface area contributed by atoms with Gasteiger partial charge in [0, 0.05) is 23.9 Å². The Balaban J connectivity index is 1.56. The highest BCUT2D eigenvalue weighted by atomic mass is 32.1. The van der Waals surface area contributed by atoms with Gasteiger partial charge < -0.3 is 5.32 Å². The van der Waals surface area contributed by atoms with Crippen molar-refractivity contribution in [2.75, 3.05) is 5.32 Å². The number of carbonyl (C=O) groups excluding carboxylic acids is 2. The van der Waals surface area contributed by atoms with E-state index in [2.05, 4.69) is 25.4 Å². The fraction of sp³-hybridized carbons (Fsp3) is 0.200. The number of anilines is 1. The van der Waals surface area contributed by atoms with Crippen LogP contribution in [-0.2, 0) is 11.2 Å². The number of hydrogen-bond acceptors (Lipinski definition) is 7. The van der Waals surface area contributed by atoms with Crippen LogP contribution in [0.1, 0.15) is 33.8 Å². The summed E-state index contributed by atoms with van der Waals surface area (Å²) >= 11 is 1.16. The highest BCUT2D eigenvalue weighted by molar-refractivity contribution is 7.18. The van der Waals surface area contributed by atoms with E-state index < -0.39 is 0 Å². The number of benzene rings is 1. The summed E-state index contributed by atoms with van der Waals surface area (Å²) < 4.78 is 1.61. The number of amides is 1. The maximum atomic E-state index is 12.5. The lowest BCUT2D eigenvalue weighted by Gasteiger charge is -1.99. The van der Waals surface area contributed by atoms with E-state index in [1.165, 1.54) is 6.92 Å². The first kappa shape index (κ1) is 18.9. The second kappa shape index (κ2) is 7.51. The minimum Gasteiger partial charge on any atom is -0.302 e. The van der Waals surface area contributed by atoms with Crippen molar-refractivity contribution >= 4 is 33.9 Å². The topological polar surface area (TPSA) is 102 Å². The van der Waals surface area contributed by atoms with Crippen LogP contribution in [0, 0.1) is 13.8 Å². The van der Waals surface area contributed by atoms with Gasteiger partial charge in [-0.1, -0.05) is 41.7 Å². The van der Waals surface area contributed by atoms with Gasteiger partial charge in [0.05, 0.1) is 17.0 Å². The molecule has 0 spiro atoms. The number of fused-ring (bicyclic) bond motifs is 1. The van der Waals surface area contributed by atoms with Gasteiger partial charge in [0.25, 0.3) is 5.78 Å². The van der Waals surface area contributed by atoms with Gasteiger partial charge in [0.15, 0.2) is 16.7 Å². The second-order valence-corrected chi connectivity index (χ2v) is 7.62. The zero-order valence-electron chi connectivity index (χ0n) is 16.1. The van der Waals surface area contributed by atoms with Gasteiger partial charge in [-0.25, -0.2) is 14.5 Å². The molecular formula is C20H18N6O2S. The lowest BCUT2D eigenvalue weighted by Crippen LogP contribution is -2.15. The van der Waals surface area contributed by atoms with Crippen molar-refractivity contribution < 1.29 is 9.59 Å². The summed E-state index contributed by atoms with van der Waals surface area (Å²) in [6.07, 6.45) is -0.0164. The first-order chi connectivity index (χ1) is 13.9. The molecule has 1 N–H and O–H groups in total. The molecule has 1 amide bonds. The van der Waals surface area contributed by atoms with Crippen molar-refractivity contribution in [1.29, 1.82) is 0 Å². The van der Waals surface area contributed by atoms with Crippen molar-refractivity contribution in [1.82, 2.24) is 24.6 Å². The molecule has 9 heteroatoms. The predicted octanol–water partition coefficient (Wildman–Crippen LogP) is 3.25. The normalized spacial score (nSPS) is 11.0. The van der Waals surface area contributed by atoms with Gasteiger partial charge in [0.1, 0.15) is 0 Å². The first-order valence-corrected chi connectivity index (χ1v) is 9.79. The van der Waals surface area contributed by atoms with Crippen LogP contribution >= 0.6 is 11.3 Å². The number of hydrogen-bond donors (Lipinski definition) is 1. The lowest BCUT2D eigenvalue weighted by molar-refractivity contribution is -0.115. The summed E-state index contributed by atoms with van der Waals surface area (Å²) in [5.74, 6) is 0.430. The van der Waals surface area contributed by atoms with Crippen molar-refractivity contribution in [3.8, 4) is 11.3 Å². The number of aromatic nitrogens is 5. The summed E-state index contributed by atoms with van der Waals surface area (Å²) in [5.41, 5.74) is 3.13. The Bertz CT molecular complexity index is 1230. The zero-order valence-corrected chi connectivity index (χ0v) is 16.9. The van der Waals surface area contributed by atoms with Gasteiger partial charge >= 0.3 is 0 Å². The molecule has 0 atom stereocenters. The summed E-state index contributed by atoms with van der Waals surface area (Å²) in [5, 5.41) is 7.47. The molecule has 8 nitrogen and oxygen atoms in total. The fourth-order valence-electron chi connectivity index (χ4n) is 2.99. The predicted molar refractivity (Wildman–Crippen MR) is 110 cm³/mol. The molecule has 1 aromatic carbocycles. The minimum atomic E-state index is -0.307. The third-order valence-electron chi connectivity index (χ3n) is 4.22. The average molecular weight is 406 g/mol. The maximum absolute atomic E-state index is 12.5. The molecule has 0 aliphatic heterocycles. The van der Waals surface area contributed by atoms with E-state index in [0.29, 0.717) is 27.3 Å². The van der Waals surface area contributed by atoms with Gasteiger partial charge in [-0.2, -0.15) is 4.98 Å². The van der Waals surface area contributed by atoms with Crippen LogP contribution in [0.15, 0.2) is 36.4 Å². The lowest BCUT2D eigenvalue weighted by atomic mass is 10.1. The highest BCUT2D eigenvalue weighted by Gasteiger charge is 2.19. The van der Waals surface area contributed by atoms with E-state index in [4.69, 9.17) is 0 Å². The second-order valence-electron chi connectivity index (χ2n) is 6.62. The van der Waals surface area contributed by atoms with Gasteiger partial charge in [-0.05, 0) is 19.9 Å². The first-order valence-electron chi connectivity index (χ1n) is 8.97. The number of rotatable bonds is 5. The molecule has 0 radical (unpaired) electrons. The monoisotopic (exact) mass is 406 g/mol. The molecular weight excluding hydrogens is 388 g/mol. The minimum absolute atomic E-state index is 0.0164. The molecule has 0 aliphatic carbocycles. The molecule has 146 valence electrons. The van der Waals surface area contributed by atoms with Gasteiger partial charge in [-0.15, -0.1) is 5.10 Å². The molecule has 29 heavy (non-hydrogen) atoms. The number of ketones is 1. The Labute approximate surface area is 170 Å². The Hall–Kier alpha value is -3.46. The molecule has 0 saturated carbocycles. The molecule has 0 aliphatic rings. The summed E-state index contributed by atoms with van der Waals surface area (Å²) in [7, 11) is 0. The molecule has 4 rings (SSSR count). The summed E-state index contributed by atoms with van der Waals surface area (Å²) in [4.78, 5) is 38.1. The fourth-order valence-corrected chi connectivity index (χ4v) is 3.89. The molecule has 0 bridgehead atoms. The highest BCUT2D eigenvalue weighted by Crippen LogP contribution is 2.31. The van der Waals surface area contributed by atoms with E-state index in [1.807, 2.05) is 50.2 Å². The largest absolute Gasteiger partial charge is 0.302 e. The van der Waals surface area contributed by atoms with Crippen LogP contribution in [-0.4, -0.2) is 36.3 Å². The number of carbonyl (C=O) groups is 2. The number of nitrogens with one attached hydrogen (secondary N) is 1. The number of nitrogens with zero attached hydrogens (tertiary/aromatic N) is 5. The van der Waals surface area contributed by atoms with E-state index in [0.717, 1.165) is 28.3 Å². The van der Waals surface area contributed by atoms with Crippen molar-refractivity contribution in [2.45, 2.75) is 27.2 Å². The van der Waals surface area contributed by atoms with Crippen molar-refractivity contribution in [2.24, 2.45) is 0 Å². The van der Waals surface area contributed by atoms with Crippen LogP contribution < -0.4 is 5.32 Å². The molecule has 0 fully saturated rings. The molecule has 3 aromatic heterocycles. The van der Waals surface area contributed by atoms with Gasteiger partial charge in [-0.3, -0.25) is 9.59 Å². The average Bonchev–Trinajstić information content (AvgIpc) is 3.26. The Morgan fingerprint density at radius 3 is 2.59 bits per heavy atom. The van der Waals surface area contributed by atoms with Crippen LogP contribution in [0.25, 0.3) is 17.0 Å². The molecule has 4 aromatic rings. The standard InChI is InChI=1S/C20H18N6O2S/c1-11-9-12(2)26-19(21-11)22-15(25-26)10-16(28)23-20-24-17(18(29-20)13(3)27)14-7-5-4-6-8-14/h4-9H,10H2,1-3H3,(H,23,24,28). The van der Waals surface area contributed by atoms with E-state index in [1.54, 1.807) is 4.52 Å². The Morgan fingerprint density at radius 2 is 1.86 bits per heavy atom. The van der Waals surface area contributed by atoms with Crippen molar-refractivity contribution in [3.05, 3.63) is 58.5 Å². The molecule has 3 heterocycles. The van der Waals surface area contributed by atoms with E-state index in [-0.39, 0.29) is 18.1 Å². The van der Waals surface area contributed by atoms with Crippen molar-refractivity contribution in [3.63, 3.8) is 0 Å². The van der Waals surface area contributed by atoms with Crippen LogP contribution in [0.4, 0.5) is 5.13 Å². The third-order valence-corrected chi connectivity index (χ3v) is 5.29. The third kappa shape index (κ3) is 3.90. The van der Waals surface area contributed by atoms with Crippen LogP contribution in [0.2, 0.25) is 0 Å². The summed E-state index contributed by atoms with van der Waals surface area (Å²) in [6.45, 7) is 5.28. The van der Waals surface area contributed by atoms with E-state index in [9.17, 15) is 9.59 Å². The quantitative estimate of drug-likeness (QED) is 0.511. The number of Topliss-reactive ketones (excluding diaryl/α,β-unsaturated/α-hetero) is 1. The Kier molecular flexibility index (Phi) is 4.89. The number of thiazole rings is 1. The van der Waals surface area contributed by atoms with Crippen LogP contribution in [0.5, 0.6) is 0 Å². The van der Waals surface area contributed by atoms with Gasteiger partial charge in [0.2, 0.25) is 5.91 Å². The maximum Gasteiger partial charge on any atom is 0.252 e. The zero-order chi connectivity index (χ0) is 20.5. The molecule has 0 saturated heterocycles. The molecule has 0 unspecified atom stereocenters. The summed E-state index contributed by atoms with van der Waals surface area (Å²) in [6, 6.07) is 11.3. The van der Waals surface area contributed by atoms with Crippen LogP contribution in [0.3, 0.4) is 0 Å². The smallest absolute Gasteiger partial charge is 0.252 e. The van der Waals surface area contributed by atoms with E-state index >= 15 is 0 Å². The SMILES string of the molecule is CC(=O)c1sc(NC(=O)Cc2nc3nc(C)cc(C)n3n2)nc1-c1ccccc1.